The van der Waals surface area contributed by atoms with Crippen LogP contribution in [0.4, 0.5) is 15.1 Å². The topological polar surface area (TPSA) is 69.6 Å². The quantitative estimate of drug-likeness (QED) is 0.365. The van der Waals surface area contributed by atoms with Crippen LogP contribution in [-0.2, 0) is 13.1 Å². The van der Waals surface area contributed by atoms with Crippen molar-refractivity contribution in [3.05, 3.63) is 105 Å². The number of halogens is 1. The maximum absolute atomic E-state index is 15.6. The van der Waals surface area contributed by atoms with Gasteiger partial charge < -0.3 is 15.3 Å². The summed E-state index contributed by atoms with van der Waals surface area (Å²) in [5.74, 6) is -1.14. The molecule has 0 bridgehead atoms. The smallest absolute Gasteiger partial charge is 0.337 e. The molecule has 1 aliphatic rings. The largest absolute Gasteiger partial charge is 0.478 e. The molecule has 5 nitrogen and oxygen atoms in total. The van der Waals surface area contributed by atoms with Crippen LogP contribution in [0.1, 0.15) is 38.9 Å². The van der Waals surface area contributed by atoms with Gasteiger partial charge >= 0.3 is 5.97 Å². The molecule has 1 atom stereocenters. The van der Waals surface area contributed by atoms with Gasteiger partial charge in [0.1, 0.15) is 0 Å². The molecule has 0 amide bonds. The Bertz CT molecular complexity index is 1420. The molecule has 166 valence electrons. The predicted octanol–water partition coefficient (Wildman–Crippen LogP) is 5.87. The minimum absolute atomic E-state index is 0.0131. The molecule has 1 aromatic heterocycles. The molecule has 0 aliphatic carbocycles. The normalized spacial score (nSPS) is 13.7. The van der Waals surface area contributed by atoms with Crippen LogP contribution in [0.25, 0.3) is 10.1 Å². The fraction of sp³-hybridized carbons (Fsp3) is 0.154. The third-order valence-electron chi connectivity index (χ3n) is 5.85. The van der Waals surface area contributed by atoms with Crippen molar-refractivity contribution in [2.45, 2.75) is 26.3 Å². The van der Waals surface area contributed by atoms with Gasteiger partial charge in [-0.3, -0.25) is 4.79 Å². The molecule has 1 aliphatic heterocycles. The van der Waals surface area contributed by atoms with E-state index in [1.54, 1.807) is 30.3 Å². The zero-order valence-corrected chi connectivity index (χ0v) is 18.7. The number of alkyl halides is 1. The Balaban J connectivity index is 1.57. The average Bonchev–Trinajstić information content (AvgIpc) is 3.23. The number of anilines is 2. The van der Waals surface area contributed by atoms with Crippen LogP contribution >= 0.6 is 11.3 Å². The van der Waals surface area contributed by atoms with Crippen molar-refractivity contribution in [2.75, 3.05) is 10.2 Å². The van der Waals surface area contributed by atoms with Gasteiger partial charge in [0.25, 0.3) is 0 Å². The summed E-state index contributed by atoms with van der Waals surface area (Å²) in [7, 11) is 0. The lowest BCUT2D eigenvalue weighted by molar-refractivity contribution is 0.0698. The first kappa shape index (κ1) is 21.2. The molecule has 33 heavy (non-hydrogen) atoms. The second-order valence-corrected chi connectivity index (χ2v) is 9.19. The molecule has 0 saturated heterocycles. The predicted molar refractivity (Wildman–Crippen MR) is 130 cm³/mol. The number of rotatable bonds is 5. The zero-order valence-electron chi connectivity index (χ0n) is 17.8. The molecule has 0 spiro atoms. The van der Waals surface area contributed by atoms with Crippen molar-refractivity contribution in [1.82, 2.24) is 0 Å². The Morgan fingerprint density at radius 2 is 1.73 bits per heavy atom. The number of nitrogens with one attached hydrogen (secondary N) is 1. The highest BCUT2D eigenvalue weighted by molar-refractivity contribution is 7.22. The van der Waals surface area contributed by atoms with E-state index < -0.39 is 12.3 Å². The molecule has 0 fully saturated rings. The molecular formula is C26H21FN2O3S. The number of carbonyl (C=O) groups is 1. The highest BCUT2D eigenvalue weighted by atomic mass is 32.1. The third-order valence-corrected chi connectivity index (χ3v) is 7.10. The number of para-hydroxylation sites is 1. The number of fused-ring (bicyclic) bond motifs is 2. The standard InChI is InChI=1S/C26H21FN2O3S/c1-15-10-19-22(30)12-23(29-13-16-6-2-3-7-17(16)14-29)33-24(19)20(11-15)25(27)28-21-9-5-4-8-18(21)26(31)32/h2-12,25,28H,13-14H2,1H3,(H,31,32)/t25-/m1/s1. The summed E-state index contributed by atoms with van der Waals surface area (Å²) >= 11 is 1.38. The Kier molecular flexibility index (Phi) is 5.34. The van der Waals surface area contributed by atoms with E-state index in [0.29, 0.717) is 28.7 Å². The number of hydrogen-bond acceptors (Lipinski definition) is 5. The van der Waals surface area contributed by atoms with E-state index in [2.05, 4.69) is 22.3 Å². The van der Waals surface area contributed by atoms with Crippen LogP contribution in [0.15, 0.2) is 71.5 Å². The van der Waals surface area contributed by atoms with Crippen LogP contribution in [0.2, 0.25) is 0 Å². The number of nitrogens with zero attached hydrogens (tertiary/aromatic N) is 1. The minimum atomic E-state index is -1.69. The number of aromatic carboxylic acids is 1. The number of hydrogen-bond donors (Lipinski definition) is 2. The van der Waals surface area contributed by atoms with Gasteiger partial charge in [0, 0.05) is 34.8 Å². The summed E-state index contributed by atoms with van der Waals surface area (Å²) < 4.78 is 16.2. The number of aryl methyl sites for hydroxylation is 1. The van der Waals surface area contributed by atoms with Crippen molar-refractivity contribution in [3.63, 3.8) is 0 Å². The van der Waals surface area contributed by atoms with E-state index in [0.717, 1.165) is 10.6 Å². The van der Waals surface area contributed by atoms with Crippen molar-refractivity contribution in [3.8, 4) is 0 Å². The van der Waals surface area contributed by atoms with Crippen LogP contribution in [0, 0.1) is 6.92 Å². The van der Waals surface area contributed by atoms with Gasteiger partial charge in [0.05, 0.1) is 16.3 Å². The van der Waals surface area contributed by atoms with Crippen molar-refractivity contribution in [2.24, 2.45) is 0 Å². The Hall–Kier alpha value is -3.71. The molecule has 7 heteroatoms. The number of carboxylic acids is 1. The number of benzene rings is 3. The fourth-order valence-corrected chi connectivity index (χ4v) is 5.45. The molecule has 4 aromatic rings. The summed E-state index contributed by atoms with van der Waals surface area (Å²) in [6, 6.07) is 19.5. The lowest BCUT2D eigenvalue weighted by Crippen LogP contribution is -2.16. The summed E-state index contributed by atoms with van der Waals surface area (Å²) in [4.78, 5) is 26.7. The van der Waals surface area contributed by atoms with Gasteiger partial charge in [-0.1, -0.05) is 36.4 Å². The summed E-state index contributed by atoms with van der Waals surface area (Å²) in [6.45, 7) is 3.21. The second-order valence-electron chi connectivity index (χ2n) is 8.16. The van der Waals surface area contributed by atoms with E-state index in [1.807, 2.05) is 19.1 Å². The first-order chi connectivity index (χ1) is 15.9. The maximum Gasteiger partial charge on any atom is 0.337 e. The highest BCUT2D eigenvalue weighted by Crippen LogP contribution is 2.37. The fourth-order valence-electron chi connectivity index (χ4n) is 4.26. The first-order valence-corrected chi connectivity index (χ1v) is 11.4. The average molecular weight is 461 g/mol. The van der Waals surface area contributed by atoms with Crippen LogP contribution in [-0.4, -0.2) is 11.1 Å². The second kappa shape index (κ2) is 8.33. The summed E-state index contributed by atoms with van der Waals surface area (Å²) in [5.41, 5.74) is 3.54. The van der Waals surface area contributed by atoms with Gasteiger partial charge in [-0.25, -0.2) is 9.18 Å². The molecule has 2 heterocycles. The van der Waals surface area contributed by atoms with Crippen molar-refractivity contribution in [1.29, 1.82) is 0 Å². The van der Waals surface area contributed by atoms with E-state index in [4.69, 9.17) is 0 Å². The van der Waals surface area contributed by atoms with Crippen LogP contribution in [0.3, 0.4) is 0 Å². The lowest BCUT2D eigenvalue weighted by atomic mass is 10.1. The van der Waals surface area contributed by atoms with Gasteiger partial charge in [-0.05, 0) is 47.9 Å². The molecule has 0 radical (unpaired) electrons. The monoisotopic (exact) mass is 460 g/mol. The van der Waals surface area contributed by atoms with Gasteiger partial charge in [-0.2, -0.15) is 0 Å². The van der Waals surface area contributed by atoms with E-state index in [9.17, 15) is 14.7 Å². The van der Waals surface area contributed by atoms with E-state index >= 15 is 4.39 Å². The molecule has 0 unspecified atom stereocenters. The van der Waals surface area contributed by atoms with E-state index in [-0.39, 0.29) is 16.7 Å². The first-order valence-electron chi connectivity index (χ1n) is 10.5. The Labute approximate surface area is 193 Å². The van der Waals surface area contributed by atoms with Crippen molar-refractivity contribution < 1.29 is 14.3 Å². The molecular weight excluding hydrogens is 439 g/mol. The number of carboxylic acid groups (broad SMARTS) is 1. The van der Waals surface area contributed by atoms with Crippen LogP contribution < -0.4 is 15.6 Å². The minimum Gasteiger partial charge on any atom is -0.478 e. The van der Waals surface area contributed by atoms with E-state index in [1.165, 1.54) is 34.6 Å². The highest BCUT2D eigenvalue weighted by Gasteiger charge is 2.23. The van der Waals surface area contributed by atoms with Crippen LogP contribution in [0.5, 0.6) is 0 Å². The van der Waals surface area contributed by atoms with Gasteiger partial charge in [0.15, 0.2) is 11.7 Å². The zero-order chi connectivity index (χ0) is 23.1. The van der Waals surface area contributed by atoms with Crippen molar-refractivity contribution >= 4 is 38.1 Å². The SMILES string of the molecule is Cc1cc([C@H](F)Nc2ccccc2C(=O)O)c2sc(N3Cc4ccccc4C3)cc(=O)c2c1. The molecule has 2 N–H and O–H groups in total. The molecule has 3 aromatic carbocycles. The molecule has 0 saturated carbocycles. The molecule has 5 rings (SSSR count). The third kappa shape index (κ3) is 3.96. The summed E-state index contributed by atoms with van der Waals surface area (Å²) in [5, 5.41) is 13.4. The van der Waals surface area contributed by atoms with Gasteiger partial charge in [-0.15, -0.1) is 11.3 Å². The summed E-state index contributed by atoms with van der Waals surface area (Å²) in [6.07, 6.45) is -1.69. The Morgan fingerprint density at radius 1 is 1.06 bits per heavy atom. The van der Waals surface area contributed by atoms with Gasteiger partial charge in [0.2, 0.25) is 0 Å². The maximum atomic E-state index is 15.6. The Morgan fingerprint density at radius 3 is 2.42 bits per heavy atom. The lowest BCUT2D eigenvalue weighted by Gasteiger charge is -2.20.